The maximum atomic E-state index is 13.9. The van der Waals surface area contributed by atoms with Crippen molar-refractivity contribution < 1.29 is 9.53 Å². The summed E-state index contributed by atoms with van der Waals surface area (Å²) < 4.78 is 6.11. The molecule has 0 N–H and O–H groups in total. The molecule has 0 radical (unpaired) electrons. The minimum Gasteiger partial charge on any atom is -0.493 e. The van der Waals surface area contributed by atoms with Gasteiger partial charge in [-0.2, -0.15) is 0 Å². The van der Waals surface area contributed by atoms with Gasteiger partial charge in [0.25, 0.3) is 5.91 Å². The molecule has 192 valence electrons. The summed E-state index contributed by atoms with van der Waals surface area (Å²) in [5, 5.41) is 2.98. The topological polar surface area (TPSA) is 41.9 Å². The fourth-order valence-electron chi connectivity index (χ4n) is 5.19. The molecule has 3 aromatic carbocycles. The lowest BCUT2D eigenvalue weighted by atomic mass is 9.94. The third kappa shape index (κ3) is 5.62. The van der Waals surface area contributed by atoms with Crippen molar-refractivity contribution in [2.24, 2.45) is 10.9 Å². The molecule has 0 aromatic heterocycles. The molecule has 0 unspecified atom stereocenters. The Balaban J connectivity index is 1.54. The van der Waals surface area contributed by atoms with Gasteiger partial charge in [0.05, 0.1) is 17.2 Å². The molecule has 3 aromatic rings. The molecule has 2 fully saturated rings. The van der Waals surface area contributed by atoms with Crippen molar-refractivity contribution in [3.8, 4) is 5.75 Å². The van der Waals surface area contributed by atoms with Crippen LogP contribution in [0, 0.1) is 5.92 Å². The normalized spacial score (nSPS) is 19.0. The van der Waals surface area contributed by atoms with E-state index in [2.05, 4.69) is 57.2 Å². The molecule has 0 spiro atoms. The number of aryl methyl sites for hydroxylation is 1. The van der Waals surface area contributed by atoms with Crippen LogP contribution in [0.25, 0.3) is 16.8 Å². The lowest BCUT2D eigenvalue weighted by Gasteiger charge is -2.30. The Hall–Kier alpha value is -3.05. The lowest BCUT2D eigenvalue weighted by Crippen LogP contribution is -2.40. The number of hydrogen-bond donors (Lipinski definition) is 0. The number of para-hydroxylation sites is 1. The van der Waals surface area contributed by atoms with Crippen molar-refractivity contribution in [3.05, 3.63) is 76.7 Å². The SMILES string of the molecule is CCc1ccccc1N=C1S/C(=C/c2ccc(OCC(C)C)c3ccccc23)C(=O)N1C1CCCCC1. The van der Waals surface area contributed by atoms with Gasteiger partial charge in [-0.25, -0.2) is 4.99 Å². The van der Waals surface area contributed by atoms with E-state index >= 15 is 0 Å². The van der Waals surface area contributed by atoms with Gasteiger partial charge in [-0.15, -0.1) is 0 Å². The molecule has 1 heterocycles. The molecule has 0 bridgehead atoms. The first kappa shape index (κ1) is 25.6. The second kappa shape index (κ2) is 11.6. The predicted octanol–water partition coefficient (Wildman–Crippen LogP) is 8.37. The van der Waals surface area contributed by atoms with Crippen molar-refractivity contribution in [3.63, 3.8) is 0 Å². The average Bonchev–Trinajstić information content (AvgIpc) is 3.23. The van der Waals surface area contributed by atoms with Gasteiger partial charge in [0.1, 0.15) is 5.75 Å². The third-order valence-electron chi connectivity index (χ3n) is 7.14. The first-order valence-corrected chi connectivity index (χ1v) is 14.4. The minimum absolute atomic E-state index is 0.0776. The van der Waals surface area contributed by atoms with E-state index in [4.69, 9.17) is 9.73 Å². The van der Waals surface area contributed by atoms with E-state index in [0.29, 0.717) is 12.5 Å². The van der Waals surface area contributed by atoms with E-state index in [1.807, 2.05) is 35.2 Å². The summed E-state index contributed by atoms with van der Waals surface area (Å²) in [6.07, 6.45) is 8.62. The van der Waals surface area contributed by atoms with Gasteiger partial charge in [-0.05, 0) is 71.7 Å². The second-order valence-electron chi connectivity index (χ2n) is 10.4. The van der Waals surface area contributed by atoms with Crippen molar-refractivity contribution in [2.75, 3.05) is 6.61 Å². The van der Waals surface area contributed by atoms with Gasteiger partial charge in [-0.1, -0.05) is 88.6 Å². The van der Waals surface area contributed by atoms with E-state index in [1.165, 1.54) is 36.6 Å². The maximum absolute atomic E-state index is 13.9. The molecular formula is C32H36N2O2S. The first-order valence-electron chi connectivity index (χ1n) is 13.6. The Morgan fingerprint density at radius 1 is 1.00 bits per heavy atom. The fraction of sp³-hybridized carbons (Fsp3) is 0.375. The molecule has 1 saturated carbocycles. The number of carbonyl (C=O) groups is 1. The number of hydrogen-bond acceptors (Lipinski definition) is 4. The Morgan fingerprint density at radius 3 is 2.49 bits per heavy atom. The molecule has 1 aliphatic heterocycles. The molecule has 0 atom stereocenters. The monoisotopic (exact) mass is 512 g/mol. The van der Waals surface area contributed by atoms with Crippen LogP contribution in [-0.4, -0.2) is 28.6 Å². The molecule has 4 nitrogen and oxygen atoms in total. The van der Waals surface area contributed by atoms with Crippen LogP contribution in [0.2, 0.25) is 0 Å². The number of rotatable bonds is 7. The number of fused-ring (bicyclic) bond motifs is 1. The number of thioether (sulfide) groups is 1. The van der Waals surface area contributed by atoms with E-state index in [0.717, 1.165) is 57.1 Å². The second-order valence-corrected chi connectivity index (χ2v) is 11.4. The Labute approximate surface area is 224 Å². The van der Waals surface area contributed by atoms with Gasteiger partial charge in [0.2, 0.25) is 0 Å². The summed E-state index contributed by atoms with van der Waals surface area (Å²) in [6, 6.07) is 20.9. The zero-order valence-corrected chi connectivity index (χ0v) is 22.9. The van der Waals surface area contributed by atoms with Gasteiger partial charge < -0.3 is 4.74 Å². The van der Waals surface area contributed by atoms with Crippen LogP contribution in [0.1, 0.15) is 64.0 Å². The average molecular weight is 513 g/mol. The summed E-state index contributed by atoms with van der Waals surface area (Å²) in [5.74, 6) is 1.42. The summed E-state index contributed by atoms with van der Waals surface area (Å²) in [7, 11) is 0. The molecule has 1 saturated heterocycles. The smallest absolute Gasteiger partial charge is 0.267 e. The molecule has 37 heavy (non-hydrogen) atoms. The Kier molecular flexibility index (Phi) is 7.99. The van der Waals surface area contributed by atoms with Crippen molar-refractivity contribution in [1.29, 1.82) is 0 Å². The largest absolute Gasteiger partial charge is 0.493 e. The Bertz CT molecular complexity index is 1340. The highest BCUT2D eigenvalue weighted by Gasteiger charge is 2.38. The number of aliphatic imine (C=N–C) groups is 1. The van der Waals surface area contributed by atoms with E-state index < -0.39 is 0 Å². The van der Waals surface area contributed by atoms with Crippen LogP contribution >= 0.6 is 11.8 Å². The number of benzene rings is 3. The summed E-state index contributed by atoms with van der Waals surface area (Å²) in [6.45, 7) is 7.13. The Morgan fingerprint density at radius 2 is 1.73 bits per heavy atom. The number of amidine groups is 1. The van der Waals surface area contributed by atoms with Crippen LogP contribution in [0.4, 0.5) is 5.69 Å². The van der Waals surface area contributed by atoms with Crippen LogP contribution < -0.4 is 4.74 Å². The quantitative estimate of drug-likeness (QED) is 0.299. The minimum atomic E-state index is 0.0776. The van der Waals surface area contributed by atoms with Crippen molar-refractivity contribution >= 4 is 45.4 Å². The summed E-state index contributed by atoms with van der Waals surface area (Å²) in [4.78, 5) is 21.7. The number of nitrogens with zero attached hydrogens (tertiary/aromatic N) is 2. The van der Waals surface area contributed by atoms with Gasteiger partial charge in [0, 0.05) is 11.4 Å². The van der Waals surface area contributed by atoms with E-state index in [9.17, 15) is 4.79 Å². The molecule has 5 heteroatoms. The lowest BCUT2D eigenvalue weighted by molar-refractivity contribution is -0.124. The van der Waals surface area contributed by atoms with E-state index in [1.54, 1.807) is 0 Å². The van der Waals surface area contributed by atoms with Crippen molar-refractivity contribution in [2.45, 2.75) is 65.3 Å². The fourth-order valence-corrected chi connectivity index (χ4v) is 6.23. The molecule has 1 amide bonds. The number of ether oxygens (including phenoxy) is 1. The summed E-state index contributed by atoms with van der Waals surface area (Å²) in [5.41, 5.74) is 3.19. The highest BCUT2D eigenvalue weighted by atomic mass is 32.2. The van der Waals surface area contributed by atoms with Gasteiger partial charge in [-0.3, -0.25) is 9.69 Å². The standard InChI is InChI=1S/C32H36N2O2S/c1-4-23-12-8-11-17-28(23)33-32-34(25-13-6-5-7-14-25)31(35)30(37-32)20-24-18-19-29(36-21-22(2)3)27-16-10-9-15-26(24)27/h8-12,15-20,22,25H,4-7,13-14,21H2,1-3H3/b30-20+,33-32?. The van der Waals surface area contributed by atoms with Gasteiger partial charge in [0.15, 0.2) is 5.17 Å². The first-order chi connectivity index (χ1) is 18.0. The van der Waals surface area contributed by atoms with Gasteiger partial charge >= 0.3 is 0 Å². The highest BCUT2D eigenvalue weighted by Crippen LogP contribution is 2.40. The zero-order valence-electron chi connectivity index (χ0n) is 22.1. The number of amides is 1. The highest BCUT2D eigenvalue weighted by molar-refractivity contribution is 8.18. The molecular weight excluding hydrogens is 476 g/mol. The molecule has 5 rings (SSSR count). The molecule has 2 aliphatic rings. The van der Waals surface area contributed by atoms with Crippen LogP contribution in [0.15, 0.2) is 70.6 Å². The van der Waals surface area contributed by atoms with Crippen LogP contribution in [-0.2, 0) is 11.2 Å². The van der Waals surface area contributed by atoms with E-state index in [-0.39, 0.29) is 11.9 Å². The van der Waals surface area contributed by atoms with Crippen molar-refractivity contribution in [1.82, 2.24) is 4.90 Å². The van der Waals surface area contributed by atoms with Crippen LogP contribution in [0.5, 0.6) is 5.75 Å². The third-order valence-corrected chi connectivity index (χ3v) is 8.12. The molecule has 1 aliphatic carbocycles. The predicted molar refractivity (Wildman–Crippen MR) is 156 cm³/mol. The summed E-state index contributed by atoms with van der Waals surface area (Å²) >= 11 is 1.51. The zero-order chi connectivity index (χ0) is 25.8. The number of carbonyl (C=O) groups excluding carboxylic acids is 1. The van der Waals surface area contributed by atoms with Crippen LogP contribution in [0.3, 0.4) is 0 Å². The maximum Gasteiger partial charge on any atom is 0.267 e.